The van der Waals surface area contributed by atoms with E-state index in [0.717, 1.165) is 28.3 Å². The number of hydrogen-bond donors (Lipinski definition) is 0. The van der Waals surface area contributed by atoms with Gasteiger partial charge in [0.1, 0.15) is 0 Å². The summed E-state index contributed by atoms with van der Waals surface area (Å²) in [6, 6.07) is 13.6. The number of rotatable bonds is 2. The van der Waals surface area contributed by atoms with E-state index in [2.05, 4.69) is 6.58 Å². The van der Waals surface area contributed by atoms with Crippen molar-refractivity contribution in [2.75, 3.05) is 0 Å². The molecule has 19 heavy (non-hydrogen) atoms. The third-order valence-corrected chi connectivity index (χ3v) is 3.96. The molecule has 0 radical (unpaired) electrons. The summed E-state index contributed by atoms with van der Waals surface area (Å²) in [5.74, 6) is -0.0476. The van der Waals surface area contributed by atoms with Gasteiger partial charge >= 0.3 is 0 Å². The van der Waals surface area contributed by atoms with E-state index in [0.29, 0.717) is 6.42 Å². The molecule has 1 saturated carbocycles. The van der Waals surface area contributed by atoms with Crippen molar-refractivity contribution in [2.24, 2.45) is 0 Å². The van der Waals surface area contributed by atoms with Crippen molar-refractivity contribution in [3.8, 4) is 0 Å². The van der Waals surface area contributed by atoms with Crippen LogP contribution >= 0.6 is 0 Å². The minimum Gasteiger partial charge on any atom is -0.264 e. The summed E-state index contributed by atoms with van der Waals surface area (Å²) in [7, 11) is 0. The van der Waals surface area contributed by atoms with E-state index in [9.17, 15) is 10.1 Å². The number of benzene rings is 2. The molecule has 3 rings (SSSR count). The van der Waals surface area contributed by atoms with Crippen LogP contribution in [-0.2, 0) is 0 Å². The van der Waals surface area contributed by atoms with Crippen LogP contribution in [0.4, 0.5) is 0 Å². The maximum absolute atomic E-state index is 11.2. The van der Waals surface area contributed by atoms with Gasteiger partial charge < -0.3 is 0 Å². The molecule has 0 aromatic heterocycles. The van der Waals surface area contributed by atoms with Crippen molar-refractivity contribution >= 4 is 10.8 Å². The molecule has 2 atom stereocenters. The third kappa shape index (κ3) is 2.01. The van der Waals surface area contributed by atoms with E-state index in [1.54, 1.807) is 0 Å². The highest BCUT2D eigenvalue weighted by atomic mass is 16.6. The summed E-state index contributed by atoms with van der Waals surface area (Å²) in [6.45, 7) is 3.94. The fourth-order valence-electron chi connectivity index (χ4n) is 3.08. The number of nitro groups is 1. The van der Waals surface area contributed by atoms with E-state index in [1.807, 2.05) is 42.5 Å². The first kappa shape index (κ1) is 11.9. The maximum atomic E-state index is 11.2. The van der Waals surface area contributed by atoms with E-state index < -0.39 is 6.04 Å². The smallest absolute Gasteiger partial charge is 0.223 e. The lowest BCUT2D eigenvalue weighted by atomic mass is 9.90. The summed E-state index contributed by atoms with van der Waals surface area (Å²) in [6.07, 6.45) is 1.22. The normalized spacial score (nSPS) is 22.8. The molecular weight excluding hydrogens is 238 g/mol. The molecule has 1 aliphatic rings. The lowest BCUT2D eigenvalue weighted by Crippen LogP contribution is -2.22. The van der Waals surface area contributed by atoms with Gasteiger partial charge in [0.2, 0.25) is 6.04 Å². The molecule has 0 heterocycles. The Morgan fingerprint density at radius 3 is 2.63 bits per heavy atom. The largest absolute Gasteiger partial charge is 0.264 e. The first-order chi connectivity index (χ1) is 9.16. The summed E-state index contributed by atoms with van der Waals surface area (Å²) in [5, 5.41) is 13.5. The van der Waals surface area contributed by atoms with Crippen LogP contribution in [-0.4, -0.2) is 11.0 Å². The van der Waals surface area contributed by atoms with Gasteiger partial charge in [-0.1, -0.05) is 54.6 Å². The average molecular weight is 253 g/mol. The summed E-state index contributed by atoms with van der Waals surface area (Å²) in [4.78, 5) is 11.1. The molecule has 1 fully saturated rings. The van der Waals surface area contributed by atoms with Gasteiger partial charge in [-0.25, -0.2) is 0 Å². The molecule has 0 amide bonds. The van der Waals surface area contributed by atoms with E-state index in [4.69, 9.17) is 0 Å². The predicted octanol–water partition coefficient (Wildman–Crippen LogP) is 3.92. The molecule has 0 spiro atoms. The standard InChI is InChI=1S/C16H15NO2/c1-11-9-15(16(10-11)17(18)19)14-8-4-6-12-5-2-3-7-13(12)14/h2-8,15-16H,1,9-10H2/t15-,16+/m1/s1. The zero-order chi connectivity index (χ0) is 13.4. The molecular formula is C16H15NO2. The molecule has 3 nitrogen and oxygen atoms in total. The van der Waals surface area contributed by atoms with Gasteiger partial charge in [-0.3, -0.25) is 10.1 Å². The summed E-state index contributed by atoms with van der Waals surface area (Å²) >= 11 is 0. The first-order valence-electron chi connectivity index (χ1n) is 6.44. The van der Waals surface area contributed by atoms with Crippen LogP contribution in [0.3, 0.4) is 0 Å². The topological polar surface area (TPSA) is 43.1 Å². The second kappa shape index (κ2) is 4.50. The Hall–Kier alpha value is -2.16. The lowest BCUT2D eigenvalue weighted by Gasteiger charge is -2.15. The predicted molar refractivity (Wildman–Crippen MR) is 75.8 cm³/mol. The van der Waals surface area contributed by atoms with E-state index in [1.165, 1.54) is 0 Å². The van der Waals surface area contributed by atoms with Gasteiger partial charge in [-0.05, 0) is 22.8 Å². The Kier molecular flexibility index (Phi) is 2.82. The Morgan fingerprint density at radius 2 is 1.84 bits per heavy atom. The molecule has 3 heteroatoms. The van der Waals surface area contributed by atoms with Gasteiger partial charge in [0, 0.05) is 11.3 Å². The molecule has 2 aromatic carbocycles. The quantitative estimate of drug-likeness (QED) is 0.462. The molecule has 0 saturated heterocycles. The highest BCUT2D eigenvalue weighted by Gasteiger charge is 2.39. The fourth-order valence-corrected chi connectivity index (χ4v) is 3.08. The van der Waals surface area contributed by atoms with Crippen LogP contribution in [0.2, 0.25) is 0 Å². The van der Waals surface area contributed by atoms with Crippen LogP contribution in [0.1, 0.15) is 24.3 Å². The van der Waals surface area contributed by atoms with Gasteiger partial charge in [0.25, 0.3) is 0 Å². The fraction of sp³-hybridized carbons (Fsp3) is 0.250. The molecule has 0 bridgehead atoms. The minimum absolute atomic E-state index is 0.0476. The molecule has 1 aliphatic carbocycles. The minimum atomic E-state index is -0.529. The highest BCUT2D eigenvalue weighted by Crippen LogP contribution is 2.41. The molecule has 0 aliphatic heterocycles. The lowest BCUT2D eigenvalue weighted by molar-refractivity contribution is -0.523. The Morgan fingerprint density at radius 1 is 1.11 bits per heavy atom. The van der Waals surface area contributed by atoms with E-state index >= 15 is 0 Å². The molecule has 96 valence electrons. The van der Waals surface area contributed by atoms with Gasteiger partial charge in [-0.2, -0.15) is 0 Å². The summed E-state index contributed by atoms with van der Waals surface area (Å²) < 4.78 is 0. The highest BCUT2D eigenvalue weighted by molar-refractivity contribution is 5.86. The van der Waals surface area contributed by atoms with Gasteiger partial charge in [0.15, 0.2) is 0 Å². The van der Waals surface area contributed by atoms with Crippen molar-refractivity contribution in [2.45, 2.75) is 24.8 Å². The third-order valence-electron chi connectivity index (χ3n) is 3.96. The van der Waals surface area contributed by atoms with Crippen molar-refractivity contribution in [1.82, 2.24) is 0 Å². The number of hydrogen-bond acceptors (Lipinski definition) is 2. The number of nitrogens with zero attached hydrogens (tertiary/aromatic N) is 1. The van der Waals surface area contributed by atoms with Crippen molar-refractivity contribution in [3.63, 3.8) is 0 Å². The first-order valence-corrected chi connectivity index (χ1v) is 6.44. The second-order valence-electron chi connectivity index (χ2n) is 5.19. The summed E-state index contributed by atoms with van der Waals surface area (Å²) in [5.41, 5.74) is 2.07. The number of fused-ring (bicyclic) bond motifs is 1. The van der Waals surface area contributed by atoms with Crippen LogP contribution in [0.5, 0.6) is 0 Å². The van der Waals surface area contributed by atoms with Crippen LogP contribution in [0.15, 0.2) is 54.6 Å². The van der Waals surface area contributed by atoms with Gasteiger partial charge in [0.05, 0.1) is 5.92 Å². The van der Waals surface area contributed by atoms with Crippen molar-refractivity contribution in [3.05, 3.63) is 70.3 Å². The van der Waals surface area contributed by atoms with E-state index in [-0.39, 0.29) is 10.8 Å². The van der Waals surface area contributed by atoms with Crippen molar-refractivity contribution in [1.29, 1.82) is 0 Å². The molecule has 0 unspecified atom stereocenters. The SMILES string of the molecule is C=C1C[C@H](c2cccc3ccccc23)[C@@H]([N+](=O)[O-])C1. The zero-order valence-electron chi connectivity index (χ0n) is 10.6. The second-order valence-corrected chi connectivity index (χ2v) is 5.19. The average Bonchev–Trinajstić information content (AvgIpc) is 2.80. The van der Waals surface area contributed by atoms with Gasteiger partial charge in [-0.15, -0.1) is 0 Å². The zero-order valence-corrected chi connectivity index (χ0v) is 10.6. The Labute approximate surface area is 111 Å². The Balaban J connectivity index is 2.13. The van der Waals surface area contributed by atoms with Crippen LogP contribution in [0.25, 0.3) is 10.8 Å². The monoisotopic (exact) mass is 253 g/mol. The Bertz CT molecular complexity index is 657. The molecule has 2 aromatic rings. The van der Waals surface area contributed by atoms with Crippen molar-refractivity contribution < 1.29 is 4.92 Å². The molecule has 0 N–H and O–H groups in total. The van der Waals surface area contributed by atoms with Crippen LogP contribution in [0, 0.1) is 10.1 Å². The maximum Gasteiger partial charge on any atom is 0.223 e. The van der Waals surface area contributed by atoms with Crippen LogP contribution < -0.4 is 0 Å².